The lowest BCUT2D eigenvalue weighted by Crippen LogP contribution is -2.37. The van der Waals surface area contributed by atoms with E-state index < -0.39 is 11.0 Å². The van der Waals surface area contributed by atoms with Gasteiger partial charge in [0.1, 0.15) is 4.83 Å². The van der Waals surface area contributed by atoms with Gasteiger partial charge in [-0.15, -0.1) is 0 Å². The van der Waals surface area contributed by atoms with E-state index in [4.69, 9.17) is 0 Å². The molecule has 0 spiro atoms. The average molecular weight is 302 g/mol. The molecule has 16 heavy (non-hydrogen) atoms. The zero-order valence-corrected chi connectivity index (χ0v) is 11.4. The van der Waals surface area contributed by atoms with Crippen molar-refractivity contribution in [2.45, 2.75) is 44.1 Å². The van der Waals surface area contributed by atoms with Crippen LogP contribution in [0.4, 0.5) is 13.2 Å². The van der Waals surface area contributed by atoms with Crippen LogP contribution in [0.3, 0.4) is 0 Å². The summed E-state index contributed by atoms with van der Waals surface area (Å²) >= 11 is 2.72. The van der Waals surface area contributed by atoms with E-state index in [0.29, 0.717) is 0 Å². The van der Waals surface area contributed by atoms with Gasteiger partial charge in [-0.1, -0.05) is 29.8 Å². The largest absolute Gasteiger partial charge is 0.402 e. The molecule has 0 radical (unpaired) electrons. The number of likely N-dealkylation sites (tertiary alicyclic amines) is 1. The third-order valence-corrected chi connectivity index (χ3v) is 4.60. The second-order valence-electron chi connectivity index (χ2n) is 4.70. The van der Waals surface area contributed by atoms with Crippen molar-refractivity contribution < 1.29 is 13.2 Å². The lowest BCUT2D eigenvalue weighted by Gasteiger charge is -2.27. The smallest absolute Gasteiger partial charge is 0.301 e. The fourth-order valence-corrected chi connectivity index (χ4v) is 2.75. The molecule has 1 unspecified atom stereocenters. The molecule has 0 aromatic rings. The summed E-state index contributed by atoms with van der Waals surface area (Å²) in [6.45, 7) is 5.92. The molecular formula is C11H19BrF3N. The van der Waals surface area contributed by atoms with Crippen LogP contribution in [0, 0.1) is 5.41 Å². The van der Waals surface area contributed by atoms with Gasteiger partial charge in [0.2, 0.25) is 0 Å². The Morgan fingerprint density at radius 3 is 2.25 bits per heavy atom. The van der Waals surface area contributed by atoms with Crippen molar-refractivity contribution in [3.63, 3.8) is 0 Å². The predicted octanol–water partition coefficient (Wildman–Crippen LogP) is 3.82. The Bertz CT molecular complexity index is 226. The summed E-state index contributed by atoms with van der Waals surface area (Å²) in [6, 6.07) is 0. The normalized spacial score (nSPS) is 23.6. The van der Waals surface area contributed by atoms with E-state index in [0.717, 1.165) is 32.4 Å². The van der Waals surface area contributed by atoms with Crippen molar-refractivity contribution >= 4 is 15.9 Å². The van der Waals surface area contributed by atoms with Gasteiger partial charge in [0.05, 0.1) is 0 Å². The minimum absolute atomic E-state index is 0.0747. The highest BCUT2D eigenvalue weighted by atomic mass is 79.9. The van der Waals surface area contributed by atoms with E-state index in [1.165, 1.54) is 0 Å². The molecule has 1 atom stereocenters. The van der Waals surface area contributed by atoms with E-state index in [-0.39, 0.29) is 12.0 Å². The van der Waals surface area contributed by atoms with E-state index in [1.54, 1.807) is 0 Å². The molecule has 1 aliphatic rings. The minimum Gasteiger partial charge on any atom is -0.301 e. The zero-order chi connectivity index (χ0) is 12.4. The molecule has 1 heterocycles. The van der Waals surface area contributed by atoms with Crippen LogP contribution in [0.5, 0.6) is 0 Å². The second-order valence-corrected chi connectivity index (χ2v) is 5.81. The first-order valence-electron chi connectivity index (χ1n) is 5.76. The Morgan fingerprint density at radius 2 is 1.88 bits per heavy atom. The van der Waals surface area contributed by atoms with Gasteiger partial charge in [-0.25, -0.2) is 0 Å². The zero-order valence-electron chi connectivity index (χ0n) is 9.78. The Kier molecular flexibility index (Phi) is 4.69. The summed E-state index contributed by atoms with van der Waals surface area (Å²) in [6.07, 6.45) is -1.00. The molecule has 0 N–H and O–H groups in total. The summed E-state index contributed by atoms with van der Waals surface area (Å²) in [7, 11) is 0. The standard InChI is InChI=1S/C11H19BrF3N/c1-3-10(4-2)5-6-16(8-10)7-9(12)11(13,14)15/h9H,3-8H2,1-2H3. The van der Waals surface area contributed by atoms with Gasteiger partial charge in [0.15, 0.2) is 0 Å². The van der Waals surface area contributed by atoms with Crippen molar-refractivity contribution in [3.8, 4) is 0 Å². The van der Waals surface area contributed by atoms with Crippen molar-refractivity contribution in [2.75, 3.05) is 19.6 Å². The number of halogens is 4. The highest BCUT2D eigenvalue weighted by Crippen LogP contribution is 2.38. The summed E-state index contributed by atoms with van der Waals surface area (Å²) in [5.74, 6) is 0. The molecule has 0 saturated carbocycles. The summed E-state index contributed by atoms with van der Waals surface area (Å²) in [5, 5.41) is 0. The predicted molar refractivity (Wildman–Crippen MR) is 62.8 cm³/mol. The lowest BCUT2D eigenvalue weighted by molar-refractivity contribution is -0.130. The highest BCUT2D eigenvalue weighted by Gasteiger charge is 2.42. The third kappa shape index (κ3) is 3.36. The second kappa shape index (κ2) is 5.25. The number of nitrogens with zero attached hydrogens (tertiary/aromatic N) is 1. The van der Waals surface area contributed by atoms with Crippen molar-refractivity contribution in [2.24, 2.45) is 5.41 Å². The molecule has 1 aliphatic heterocycles. The molecule has 1 saturated heterocycles. The van der Waals surface area contributed by atoms with E-state index >= 15 is 0 Å². The van der Waals surface area contributed by atoms with Crippen LogP contribution in [0.25, 0.3) is 0 Å². The average Bonchev–Trinajstić information content (AvgIpc) is 2.61. The van der Waals surface area contributed by atoms with Crippen LogP contribution in [-0.2, 0) is 0 Å². The Balaban J connectivity index is 2.48. The Hall–Kier alpha value is 0.230. The van der Waals surface area contributed by atoms with Gasteiger partial charge in [0, 0.05) is 13.1 Å². The van der Waals surface area contributed by atoms with Gasteiger partial charge in [-0.3, -0.25) is 0 Å². The van der Waals surface area contributed by atoms with Crippen LogP contribution < -0.4 is 0 Å². The number of alkyl halides is 4. The number of hydrogen-bond donors (Lipinski definition) is 0. The first-order valence-corrected chi connectivity index (χ1v) is 6.67. The molecule has 0 aromatic carbocycles. The maximum Gasteiger partial charge on any atom is 0.402 e. The van der Waals surface area contributed by atoms with E-state index in [9.17, 15) is 13.2 Å². The quantitative estimate of drug-likeness (QED) is 0.714. The van der Waals surface area contributed by atoms with Crippen molar-refractivity contribution in [1.29, 1.82) is 0 Å². The maximum absolute atomic E-state index is 12.4. The van der Waals surface area contributed by atoms with E-state index in [2.05, 4.69) is 29.8 Å². The topological polar surface area (TPSA) is 3.24 Å². The highest BCUT2D eigenvalue weighted by molar-refractivity contribution is 9.09. The molecule has 0 bridgehead atoms. The number of rotatable bonds is 4. The summed E-state index contributed by atoms with van der Waals surface area (Å²) in [4.78, 5) is 0.532. The first-order chi connectivity index (χ1) is 7.33. The monoisotopic (exact) mass is 301 g/mol. The molecule has 5 heteroatoms. The van der Waals surface area contributed by atoms with Crippen molar-refractivity contribution in [3.05, 3.63) is 0 Å². The molecule has 1 fully saturated rings. The number of hydrogen-bond acceptors (Lipinski definition) is 1. The summed E-state index contributed by atoms with van der Waals surface area (Å²) in [5.41, 5.74) is 0.248. The van der Waals surface area contributed by atoms with Crippen LogP contribution in [0.1, 0.15) is 33.1 Å². The minimum atomic E-state index is -4.14. The van der Waals surface area contributed by atoms with Gasteiger partial charge in [0.25, 0.3) is 0 Å². The molecule has 0 aromatic heterocycles. The fourth-order valence-electron chi connectivity index (χ4n) is 2.34. The molecule has 1 nitrogen and oxygen atoms in total. The third-order valence-electron chi connectivity index (χ3n) is 3.79. The van der Waals surface area contributed by atoms with E-state index in [1.807, 2.05) is 4.90 Å². The van der Waals surface area contributed by atoms with Gasteiger partial charge in [-0.05, 0) is 31.2 Å². The van der Waals surface area contributed by atoms with Gasteiger partial charge >= 0.3 is 6.18 Å². The molecule has 1 rings (SSSR count). The molecular weight excluding hydrogens is 283 g/mol. The van der Waals surface area contributed by atoms with Crippen LogP contribution in [0.15, 0.2) is 0 Å². The Morgan fingerprint density at radius 1 is 1.31 bits per heavy atom. The SMILES string of the molecule is CCC1(CC)CCN(CC(Br)C(F)(F)F)C1. The molecule has 96 valence electrons. The van der Waals surface area contributed by atoms with Crippen LogP contribution in [-0.4, -0.2) is 35.5 Å². The Labute approximate surface area is 104 Å². The van der Waals surface area contributed by atoms with Gasteiger partial charge < -0.3 is 4.90 Å². The molecule has 0 amide bonds. The van der Waals surface area contributed by atoms with Gasteiger partial charge in [-0.2, -0.15) is 13.2 Å². The fraction of sp³-hybridized carbons (Fsp3) is 1.00. The van der Waals surface area contributed by atoms with Crippen LogP contribution in [0.2, 0.25) is 0 Å². The molecule has 0 aliphatic carbocycles. The summed E-state index contributed by atoms with van der Waals surface area (Å²) < 4.78 is 37.2. The van der Waals surface area contributed by atoms with Crippen LogP contribution >= 0.6 is 15.9 Å². The van der Waals surface area contributed by atoms with Crippen molar-refractivity contribution in [1.82, 2.24) is 4.90 Å². The maximum atomic E-state index is 12.4. The first kappa shape index (κ1) is 14.3. The lowest BCUT2D eigenvalue weighted by atomic mass is 9.82.